The molecule has 2 fully saturated rings. The maximum Gasteiger partial charge on any atom is 0.135 e. The van der Waals surface area contributed by atoms with Gasteiger partial charge in [-0.15, -0.1) is 0 Å². The molecule has 0 bridgehead atoms. The van der Waals surface area contributed by atoms with Gasteiger partial charge >= 0.3 is 0 Å². The van der Waals surface area contributed by atoms with Crippen molar-refractivity contribution < 1.29 is 0 Å². The molecule has 0 aromatic carbocycles. The zero-order chi connectivity index (χ0) is 13.4. The highest BCUT2D eigenvalue weighted by molar-refractivity contribution is 9.10. The van der Waals surface area contributed by atoms with Gasteiger partial charge in [-0.3, -0.25) is 0 Å². The number of hydrogen-bond donors (Lipinski definition) is 1. The first-order valence-electron chi connectivity index (χ1n) is 7.48. The summed E-state index contributed by atoms with van der Waals surface area (Å²) in [5, 5.41) is 3.64. The van der Waals surface area contributed by atoms with Crippen molar-refractivity contribution in [2.75, 3.05) is 5.32 Å². The van der Waals surface area contributed by atoms with Crippen LogP contribution in [0.25, 0.3) is 0 Å². The molecule has 1 heterocycles. The third-order valence-corrected chi connectivity index (χ3v) is 5.15. The molecular weight excluding hydrogens is 302 g/mol. The molecule has 2 aliphatic rings. The van der Waals surface area contributed by atoms with Crippen LogP contribution in [0.1, 0.15) is 57.7 Å². The summed E-state index contributed by atoms with van der Waals surface area (Å²) < 4.78 is 0.907. The van der Waals surface area contributed by atoms with Gasteiger partial charge in [0.15, 0.2) is 0 Å². The van der Waals surface area contributed by atoms with Crippen LogP contribution in [0.5, 0.6) is 0 Å². The third-order valence-electron chi connectivity index (χ3n) is 4.74. The molecule has 1 aromatic heterocycles. The van der Waals surface area contributed by atoms with Crippen LogP contribution in [-0.4, -0.2) is 16.0 Å². The summed E-state index contributed by atoms with van der Waals surface area (Å²) >= 11 is 3.51. The van der Waals surface area contributed by atoms with Crippen molar-refractivity contribution in [2.24, 2.45) is 11.8 Å². The summed E-state index contributed by atoms with van der Waals surface area (Å²) in [5.41, 5.74) is 0. The molecule has 104 valence electrons. The van der Waals surface area contributed by atoms with Gasteiger partial charge in [-0.2, -0.15) is 0 Å². The smallest absolute Gasteiger partial charge is 0.135 e. The summed E-state index contributed by atoms with van der Waals surface area (Å²) in [6.07, 6.45) is 6.39. The van der Waals surface area contributed by atoms with E-state index in [1.54, 1.807) is 0 Å². The molecule has 2 saturated carbocycles. The van der Waals surface area contributed by atoms with Gasteiger partial charge in [-0.05, 0) is 53.4 Å². The van der Waals surface area contributed by atoms with E-state index in [1.807, 2.05) is 6.07 Å². The van der Waals surface area contributed by atoms with Gasteiger partial charge in [0, 0.05) is 18.0 Å². The summed E-state index contributed by atoms with van der Waals surface area (Å²) in [6, 6.07) is 2.58. The van der Waals surface area contributed by atoms with Crippen LogP contribution in [-0.2, 0) is 0 Å². The Morgan fingerprint density at radius 2 is 2.05 bits per heavy atom. The fraction of sp³-hybridized carbons (Fsp3) is 0.733. The Kier molecular flexibility index (Phi) is 3.79. The molecule has 0 saturated heterocycles. The molecule has 0 aliphatic heterocycles. The molecule has 1 aromatic rings. The topological polar surface area (TPSA) is 37.8 Å². The first-order chi connectivity index (χ1) is 9.17. The molecule has 3 rings (SSSR count). The van der Waals surface area contributed by atoms with Crippen molar-refractivity contribution in [1.82, 2.24) is 9.97 Å². The summed E-state index contributed by atoms with van der Waals surface area (Å²) in [7, 11) is 0. The molecular formula is C15H22BrN3. The SMILES string of the molecule is CCC1CCC(Nc2cc(Br)nc(C3CC3)n2)C1C. The largest absolute Gasteiger partial charge is 0.367 e. The molecule has 3 atom stereocenters. The molecule has 1 N–H and O–H groups in total. The second kappa shape index (κ2) is 5.39. The minimum Gasteiger partial charge on any atom is -0.367 e. The van der Waals surface area contributed by atoms with Gasteiger partial charge < -0.3 is 5.32 Å². The normalized spacial score (nSPS) is 30.6. The van der Waals surface area contributed by atoms with E-state index >= 15 is 0 Å². The lowest BCUT2D eigenvalue weighted by Crippen LogP contribution is -2.25. The predicted octanol–water partition coefficient (Wildman–Crippen LogP) is 4.35. The fourth-order valence-electron chi connectivity index (χ4n) is 3.25. The van der Waals surface area contributed by atoms with Crippen molar-refractivity contribution in [1.29, 1.82) is 0 Å². The number of halogens is 1. The molecule has 0 amide bonds. The van der Waals surface area contributed by atoms with Gasteiger partial charge in [0.2, 0.25) is 0 Å². The van der Waals surface area contributed by atoms with E-state index < -0.39 is 0 Å². The number of nitrogens with zero attached hydrogens (tertiary/aromatic N) is 2. The lowest BCUT2D eigenvalue weighted by molar-refractivity contribution is 0.391. The molecule has 0 radical (unpaired) electrons. The number of hydrogen-bond acceptors (Lipinski definition) is 3. The van der Waals surface area contributed by atoms with Gasteiger partial charge in [0.05, 0.1) is 0 Å². The molecule has 0 spiro atoms. The second-order valence-corrected chi connectivity index (χ2v) is 6.88. The Hall–Kier alpha value is -0.640. The van der Waals surface area contributed by atoms with Gasteiger partial charge in [-0.1, -0.05) is 20.3 Å². The van der Waals surface area contributed by atoms with E-state index in [-0.39, 0.29) is 0 Å². The van der Waals surface area contributed by atoms with Crippen LogP contribution in [0.4, 0.5) is 5.82 Å². The van der Waals surface area contributed by atoms with Crippen LogP contribution in [0.2, 0.25) is 0 Å². The quantitative estimate of drug-likeness (QED) is 0.837. The molecule has 4 heteroatoms. The fourth-order valence-corrected chi connectivity index (χ4v) is 3.65. The van der Waals surface area contributed by atoms with Gasteiger partial charge in [0.25, 0.3) is 0 Å². The summed E-state index contributed by atoms with van der Waals surface area (Å²) in [5.74, 6) is 4.21. The highest BCUT2D eigenvalue weighted by atomic mass is 79.9. The average molecular weight is 324 g/mol. The van der Waals surface area contributed by atoms with E-state index in [0.29, 0.717) is 12.0 Å². The van der Waals surface area contributed by atoms with Crippen molar-refractivity contribution in [3.05, 3.63) is 16.5 Å². The van der Waals surface area contributed by atoms with Crippen molar-refractivity contribution >= 4 is 21.7 Å². The van der Waals surface area contributed by atoms with E-state index in [0.717, 1.165) is 28.1 Å². The number of anilines is 1. The van der Waals surface area contributed by atoms with Crippen LogP contribution < -0.4 is 5.32 Å². The number of rotatable bonds is 4. The van der Waals surface area contributed by atoms with E-state index in [4.69, 9.17) is 4.98 Å². The standard InChI is InChI=1S/C15H22BrN3/c1-3-10-6-7-12(9(10)2)17-14-8-13(16)18-15(19-14)11-4-5-11/h8-12H,3-7H2,1-2H3,(H,17,18,19). The van der Waals surface area contributed by atoms with Gasteiger partial charge in [0.1, 0.15) is 16.2 Å². The Morgan fingerprint density at radius 3 is 2.68 bits per heavy atom. The van der Waals surface area contributed by atoms with Crippen molar-refractivity contribution in [2.45, 2.75) is 57.9 Å². The second-order valence-electron chi connectivity index (χ2n) is 6.06. The van der Waals surface area contributed by atoms with Crippen molar-refractivity contribution in [3.63, 3.8) is 0 Å². The Balaban J connectivity index is 1.72. The lowest BCUT2D eigenvalue weighted by Gasteiger charge is -2.21. The maximum absolute atomic E-state index is 4.69. The number of nitrogens with one attached hydrogen (secondary N) is 1. The lowest BCUT2D eigenvalue weighted by atomic mass is 9.93. The van der Waals surface area contributed by atoms with Crippen LogP contribution >= 0.6 is 15.9 Å². The summed E-state index contributed by atoms with van der Waals surface area (Å²) in [4.78, 5) is 9.18. The van der Waals surface area contributed by atoms with E-state index in [2.05, 4.69) is 40.1 Å². The monoisotopic (exact) mass is 323 g/mol. The Morgan fingerprint density at radius 1 is 1.26 bits per heavy atom. The molecule has 19 heavy (non-hydrogen) atoms. The Labute approximate surface area is 123 Å². The third kappa shape index (κ3) is 2.93. The first kappa shape index (κ1) is 13.3. The van der Waals surface area contributed by atoms with E-state index in [9.17, 15) is 0 Å². The van der Waals surface area contributed by atoms with Crippen LogP contribution in [0, 0.1) is 11.8 Å². The molecule has 3 nitrogen and oxygen atoms in total. The minimum atomic E-state index is 0.568. The number of aromatic nitrogens is 2. The zero-order valence-corrected chi connectivity index (χ0v) is 13.3. The zero-order valence-electron chi connectivity index (χ0n) is 11.7. The first-order valence-corrected chi connectivity index (χ1v) is 8.27. The Bertz CT molecular complexity index is 459. The van der Waals surface area contributed by atoms with E-state index in [1.165, 1.54) is 32.1 Å². The highest BCUT2D eigenvalue weighted by Gasteiger charge is 2.32. The van der Waals surface area contributed by atoms with Crippen LogP contribution in [0.15, 0.2) is 10.7 Å². The van der Waals surface area contributed by atoms with Crippen LogP contribution in [0.3, 0.4) is 0 Å². The molecule has 3 unspecified atom stereocenters. The minimum absolute atomic E-state index is 0.568. The van der Waals surface area contributed by atoms with Gasteiger partial charge in [-0.25, -0.2) is 9.97 Å². The predicted molar refractivity (Wildman–Crippen MR) is 81.3 cm³/mol. The van der Waals surface area contributed by atoms with Crippen molar-refractivity contribution in [3.8, 4) is 0 Å². The molecule has 2 aliphatic carbocycles. The highest BCUT2D eigenvalue weighted by Crippen LogP contribution is 2.39. The maximum atomic E-state index is 4.69. The summed E-state index contributed by atoms with van der Waals surface area (Å²) in [6.45, 7) is 4.67. The average Bonchev–Trinajstić information content (AvgIpc) is 3.16.